The molecule has 0 unspecified atom stereocenters. The van der Waals surface area contributed by atoms with E-state index in [4.69, 9.17) is 5.11 Å². The van der Waals surface area contributed by atoms with Gasteiger partial charge in [0.05, 0.1) is 10.5 Å². The third-order valence-corrected chi connectivity index (χ3v) is 2.79. The van der Waals surface area contributed by atoms with E-state index in [0.29, 0.717) is 5.69 Å². The quantitative estimate of drug-likeness (QED) is 0.608. The number of carboxylic acid groups (broad SMARTS) is 1. The lowest BCUT2D eigenvalue weighted by atomic mass is 9.98. The van der Waals surface area contributed by atoms with E-state index >= 15 is 0 Å². The van der Waals surface area contributed by atoms with E-state index in [-0.39, 0.29) is 16.8 Å². The molecule has 104 valence electrons. The van der Waals surface area contributed by atoms with Crippen LogP contribution in [0, 0.1) is 10.1 Å². The Kier molecular flexibility index (Phi) is 4.47. The van der Waals surface area contributed by atoms with Gasteiger partial charge in [0.2, 0.25) is 0 Å². The molecule has 0 amide bonds. The molecule has 1 aromatic rings. The third kappa shape index (κ3) is 3.94. The largest absolute Gasteiger partial charge is 0.478 e. The van der Waals surface area contributed by atoms with Crippen LogP contribution >= 0.6 is 0 Å². The van der Waals surface area contributed by atoms with E-state index in [9.17, 15) is 14.9 Å². The second-order valence-corrected chi connectivity index (χ2v) is 5.05. The van der Waals surface area contributed by atoms with Gasteiger partial charge in [-0.2, -0.15) is 0 Å². The predicted octanol–water partition coefficient (Wildman–Crippen LogP) is 3.28. The SMILES string of the molecule is CCCC(C)(C)Nc1ccc(C(=O)O)cc1[N+](=O)[O-]. The molecule has 0 aromatic heterocycles. The van der Waals surface area contributed by atoms with Crippen molar-refractivity contribution in [3.05, 3.63) is 33.9 Å². The lowest BCUT2D eigenvalue weighted by Crippen LogP contribution is -2.30. The predicted molar refractivity (Wildman–Crippen MR) is 72.7 cm³/mol. The van der Waals surface area contributed by atoms with Gasteiger partial charge in [0.1, 0.15) is 5.69 Å². The van der Waals surface area contributed by atoms with Crippen LogP contribution in [0.2, 0.25) is 0 Å². The van der Waals surface area contributed by atoms with E-state index in [2.05, 4.69) is 5.32 Å². The van der Waals surface area contributed by atoms with Gasteiger partial charge in [-0.25, -0.2) is 4.79 Å². The van der Waals surface area contributed by atoms with Crippen LogP contribution in [-0.2, 0) is 0 Å². The summed E-state index contributed by atoms with van der Waals surface area (Å²) in [5.74, 6) is -1.18. The Morgan fingerprint density at radius 3 is 2.58 bits per heavy atom. The van der Waals surface area contributed by atoms with Crippen molar-refractivity contribution in [1.29, 1.82) is 0 Å². The van der Waals surface area contributed by atoms with Crippen LogP contribution in [0.4, 0.5) is 11.4 Å². The molecule has 0 saturated carbocycles. The summed E-state index contributed by atoms with van der Waals surface area (Å²) in [6, 6.07) is 3.88. The highest BCUT2D eigenvalue weighted by Crippen LogP contribution is 2.29. The van der Waals surface area contributed by atoms with Gasteiger partial charge < -0.3 is 10.4 Å². The Bertz CT molecular complexity index is 497. The average molecular weight is 266 g/mol. The van der Waals surface area contributed by atoms with E-state index in [1.165, 1.54) is 12.1 Å². The number of nitrogens with zero attached hydrogens (tertiary/aromatic N) is 1. The van der Waals surface area contributed by atoms with E-state index in [1.807, 2.05) is 20.8 Å². The summed E-state index contributed by atoms with van der Waals surface area (Å²) in [5, 5.41) is 23.0. The van der Waals surface area contributed by atoms with Gasteiger partial charge >= 0.3 is 5.97 Å². The van der Waals surface area contributed by atoms with Crippen molar-refractivity contribution >= 4 is 17.3 Å². The molecule has 0 aliphatic carbocycles. The minimum atomic E-state index is -1.18. The molecule has 2 N–H and O–H groups in total. The Labute approximate surface area is 111 Å². The molecule has 1 aromatic carbocycles. The number of benzene rings is 1. The summed E-state index contributed by atoms with van der Waals surface area (Å²) in [6.45, 7) is 5.93. The summed E-state index contributed by atoms with van der Waals surface area (Å²) in [6.07, 6.45) is 1.80. The van der Waals surface area contributed by atoms with Crippen LogP contribution in [0.1, 0.15) is 44.0 Å². The number of hydrogen-bond acceptors (Lipinski definition) is 4. The molecule has 0 atom stereocenters. The molecule has 6 heteroatoms. The van der Waals surface area contributed by atoms with Crippen molar-refractivity contribution in [2.75, 3.05) is 5.32 Å². The standard InChI is InChI=1S/C13H18N2O4/c1-4-7-13(2,3)14-10-6-5-9(12(16)17)8-11(10)15(18)19/h5-6,8,14H,4,7H2,1-3H3,(H,16,17). The lowest BCUT2D eigenvalue weighted by Gasteiger charge is -2.26. The minimum Gasteiger partial charge on any atom is -0.478 e. The molecule has 0 radical (unpaired) electrons. The summed E-state index contributed by atoms with van der Waals surface area (Å²) in [5.41, 5.74) is -0.257. The molecular formula is C13H18N2O4. The first-order chi connectivity index (χ1) is 8.76. The first-order valence-electron chi connectivity index (χ1n) is 6.07. The summed E-state index contributed by atoms with van der Waals surface area (Å²) < 4.78 is 0. The third-order valence-electron chi connectivity index (χ3n) is 2.79. The number of carboxylic acids is 1. The second kappa shape index (κ2) is 5.69. The van der Waals surface area contributed by atoms with Gasteiger partial charge in [-0.1, -0.05) is 13.3 Å². The monoisotopic (exact) mass is 266 g/mol. The minimum absolute atomic E-state index is 0.0921. The molecule has 0 spiro atoms. The fourth-order valence-electron chi connectivity index (χ4n) is 1.97. The first kappa shape index (κ1) is 14.9. The summed E-state index contributed by atoms with van der Waals surface area (Å²) in [4.78, 5) is 21.3. The normalized spacial score (nSPS) is 11.1. The molecular weight excluding hydrogens is 248 g/mol. The van der Waals surface area contributed by atoms with Crippen LogP contribution in [0.25, 0.3) is 0 Å². The Morgan fingerprint density at radius 2 is 2.11 bits per heavy atom. The number of nitro benzene ring substituents is 1. The summed E-state index contributed by atoms with van der Waals surface area (Å²) in [7, 11) is 0. The maximum absolute atomic E-state index is 11.0. The molecule has 0 saturated heterocycles. The van der Waals surface area contributed by atoms with Gasteiger partial charge in [0, 0.05) is 11.6 Å². The highest BCUT2D eigenvalue weighted by molar-refractivity contribution is 5.89. The topological polar surface area (TPSA) is 92.5 Å². The van der Waals surface area contributed by atoms with Crippen LogP contribution in [0.5, 0.6) is 0 Å². The number of hydrogen-bond donors (Lipinski definition) is 2. The van der Waals surface area contributed by atoms with Crippen LogP contribution in [-0.4, -0.2) is 21.5 Å². The fourth-order valence-corrected chi connectivity index (χ4v) is 1.97. The molecule has 19 heavy (non-hydrogen) atoms. The molecule has 0 heterocycles. The molecule has 1 rings (SSSR count). The number of nitro groups is 1. The van der Waals surface area contributed by atoms with E-state index in [0.717, 1.165) is 18.9 Å². The van der Waals surface area contributed by atoms with Crippen molar-refractivity contribution in [2.45, 2.75) is 39.2 Å². The zero-order valence-electron chi connectivity index (χ0n) is 11.3. The number of nitrogens with one attached hydrogen (secondary N) is 1. The van der Waals surface area contributed by atoms with Crippen LogP contribution < -0.4 is 5.32 Å². The van der Waals surface area contributed by atoms with Crippen molar-refractivity contribution in [3.8, 4) is 0 Å². The second-order valence-electron chi connectivity index (χ2n) is 5.05. The maximum Gasteiger partial charge on any atom is 0.335 e. The van der Waals surface area contributed by atoms with Crippen molar-refractivity contribution in [1.82, 2.24) is 0 Å². The molecule has 0 aliphatic rings. The number of carbonyl (C=O) groups is 1. The number of aromatic carboxylic acids is 1. The first-order valence-corrected chi connectivity index (χ1v) is 6.07. The zero-order chi connectivity index (χ0) is 14.6. The average Bonchev–Trinajstić information content (AvgIpc) is 2.27. The van der Waals surface area contributed by atoms with E-state index < -0.39 is 10.9 Å². The maximum atomic E-state index is 11.0. The van der Waals surface area contributed by atoms with Gasteiger partial charge in [0.25, 0.3) is 5.69 Å². The molecule has 0 bridgehead atoms. The molecule has 6 nitrogen and oxygen atoms in total. The van der Waals surface area contributed by atoms with Gasteiger partial charge in [0.15, 0.2) is 0 Å². The molecule has 0 fully saturated rings. The fraction of sp³-hybridized carbons (Fsp3) is 0.462. The van der Waals surface area contributed by atoms with Crippen LogP contribution in [0.3, 0.4) is 0 Å². The van der Waals surface area contributed by atoms with Crippen LogP contribution in [0.15, 0.2) is 18.2 Å². The summed E-state index contributed by atoms with van der Waals surface area (Å²) >= 11 is 0. The number of anilines is 1. The highest BCUT2D eigenvalue weighted by Gasteiger charge is 2.23. The number of rotatable bonds is 6. The lowest BCUT2D eigenvalue weighted by molar-refractivity contribution is -0.384. The Balaban J connectivity index is 3.14. The van der Waals surface area contributed by atoms with E-state index in [1.54, 1.807) is 0 Å². The van der Waals surface area contributed by atoms with Gasteiger partial charge in [-0.15, -0.1) is 0 Å². The van der Waals surface area contributed by atoms with Crippen molar-refractivity contribution < 1.29 is 14.8 Å². The van der Waals surface area contributed by atoms with Gasteiger partial charge in [-0.3, -0.25) is 10.1 Å². The molecule has 0 aliphatic heterocycles. The Morgan fingerprint density at radius 1 is 1.47 bits per heavy atom. The zero-order valence-corrected chi connectivity index (χ0v) is 11.3. The smallest absolute Gasteiger partial charge is 0.335 e. The Hall–Kier alpha value is -2.11. The van der Waals surface area contributed by atoms with Gasteiger partial charge in [-0.05, 0) is 32.4 Å². The highest BCUT2D eigenvalue weighted by atomic mass is 16.6. The van der Waals surface area contributed by atoms with Crippen molar-refractivity contribution in [3.63, 3.8) is 0 Å². The van der Waals surface area contributed by atoms with Crippen molar-refractivity contribution in [2.24, 2.45) is 0 Å².